The largest absolute Gasteiger partial charge is 0.478 e. The highest BCUT2D eigenvalue weighted by Crippen LogP contribution is 2.34. The first-order valence-electron chi connectivity index (χ1n) is 5.38. The first-order valence-corrected chi connectivity index (χ1v) is 5.76. The molecule has 0 saturated heterocycles. The summed E-state index contributed by atoms with van der Waals surface area (Å²) in [6.45, 7) is -1.27. The molecule has 2 rings (SSSR count). The van der Waals surface area contributed by atoms with Gasteiger partial charge in [-0.2, -0.15) is 0 Å². The first kappa shape index (κ1) is 14.3. The van der Waals surface area contributed by atoms with E-state index in [4.69, 9.17) is 26.0 Å². The Morgan fingerprint density at radius 1 is 1.55 bits per heavy atom. The van der Waals surface area contributed by atoms with E-state index in [1.165, 1.54) is 18.3 Å². The second kappa shape index (κ2) is 5.87. The van der Waals surface area contributed by atoms with E-state index < -0.39 is 24.6 Å². The van der Waals surface area contributed by atoms with Gasteiger partial charge in [-0.3, -0.25) is 0 Å². The van der Waals surface area contributed by atoms with Crippen LogP contribution in [0.4, 0.5) is 8.78 Å². The van der Waals surface area contributed by atoms with Gasteiger partial charge in [0.1, 0.15) is 18.2 Å². The average molecular weight is 304 g/mol. The van der Waals surface area contributed by atoms with E-state index in [-0.39, 0.29) is 22.1 Å². The van der Waals surface area contributed by atoms with Crippen LogP contribution in [0.15, 0.2) is 28.9 Å². The van der Waals surface area contributed by atoms with Crippen molar-refractivity contribution in [1.29, 1.82) is 0 Å². The molecule has 20 heavy (non-hydrogen) atoms. The van der Waals surface area contributed by atoms with Gasteiger partial charge >= 0.3 is 5.97 Å². The van der Waals surface area contributed by atoms with E-state index in [1.54, 1.807) is 0 Å². The maximum Gasteiger partial charge on any atom is 0.347 e. The number of aliphatic carboxylic acids is 1. The second-order valence-electron chi connectivity index (χ2n) is 3.74. The third-order valence-corrected chi connectivity index (χ3v) is 2.70. The lowest BCUT2D eigenvalue weighted by atomic mass is 10.1. The van der Waals surface area contributed by atoms with E-state index in [0.29, 0.717) is 0 Å². The summed E-state index contributed by atoms with van der Waals surface area (Å²) in [7, 11) is 0. The number of ether oxygens (including phenoxy) is 1. The molecule has 0 bridgehead atoms. The Hall–Kier alpha value is -2.15. The molecule has 5 nitrogen and oxygen atoms in total. The van der Waals surface area contributed by atoms with Crippen LogP contribution >= 0.6 is 11.6 Å². The van der Waals surface area contributed by atoms with Crippen molar-refractivity contribution < 1.29 is 27.9 Å². The van der Waals surface area contributed by atoms with Crippen LogP contribution in [0.5, 0.6) is 5.75 Å². The van der Waals surface area contributed by atoms with E-state index in [2.05, 4.69) is 5.16 Å². The van der Waals surface area contributed by atoms with Gasteiger partial charge < -0.3 is 14.4 Å². The number of rotatable bonds is 5. The second-order valence-corrected chi connectivity index (χ2v) is 4.15. The number of hydrogen-bond acceptors (Lipinski definition) is 4. The fourth-order valence-electron chi connectivity index (χ4n) is 1.47. The highest BCUT2D eigenvalue weighted by atomic mass is 35.5. The number of carboxylic acids is 1. The topological polar surface area (TPSA) is 72.6 Å². The number of halogens is 3. The van der Waals surface area contributed by atoms with E-state index >= 15 is 0 Å². The first-order chi connectivity index (χ1) is 9.52. The molecule has 1 aromatic heterocycles. The monoisotopic (exact) mass is 303 g/mol. The van der Waals surface area contributed by atoms with Crippen molar-refractivity contribution in [3.63, 3.8) is 0 Å². The molecule has 8 heteroatoms. The van der Waals surface area contributed by atoms with Crippen molar-refractivity contribution in [2.24, 2.45) is 0 Å². The lowest BCUT2D eigenvalue weighted by Gasteiger charge is -2.14. The van der Waals surface area contributed by atoms with Crippen molar-refractivity contribution >= 4 is 17.6 Å². The van der Waals surface area contributed by atoms with Crippen molar-refractivity contribution in [1.82, 2.24) is 5.16 Å². The minimum absolute atomic E-state index is 0.175. The van der Waals surface area contributed by atoms with Gasteiger partial charge in [-0.15, -0.1) is 0 Å². The van der Waals surface area contributed by atoms with E-state index in [1.807, 2.05) is 0 Å². The molecule has 1 aromatic carbocycles. The molecule has 1 heterocycles. The van der Waals surface area contributed by atoms with Gasteiger partial charge in [-0.05, 0) is 6.07 Å². The van der Waals surface area contributed by atoms with Gasteiger partial charge in [-0.1, -0.05) is 16.8 Å². The zero-order valence-corrected chi connectivity index (χ0v) is 10.6. The molecule has 0 saturated carbocycles. The Kier molecular flexibility index (Phi) is 4.19. The van der Waals surface area contributed by atoms with E-state index in [9.17, 15) is 13.6 Å². The van der Waals surface area contributed by atoms with Crippen LogP contribution in [-0.2, 0) is 4.79 Å². The maximum absolute atomic E-state index is 13.5. The Morgan fingerprint density at radius 2 is 2.30 bits per heavy atom. The normalized spacial score (nSPS) is 12.2. The summed E-state index contributed by atoms with van der Waals surface area (Å²) in [5.41, 5.74) is 0.175. The zero-order valence-electron chi connectivity index (χ0n) is 9.85. The van der Waals surface area contributed by atoms with Crippen LogP contribution in [-0.4, -0.2) is 29.0 Å². The molecule has 0 fully saturated rings. The van der Waals surface area contributed by atoms with Gasteiger partial charge in [0.25, 0.3) is 0 Å². The summed E-state index contributed by atoms with van der Waals surface area (Å²) in [5, 5.41) is 12.0. The number of alkyl halides is 1. The predicted molar refractivity (Wildman–Crippen MR) is 64.9 cm³/mol. The van der Waals surface area contributed by atoms with Crippen LogP contribution in [0.1, 0.15) is 0 Å². The molecular weight excluding hydrogens is 296 g/mol. The van der Waals surface area contributed by atoms with E-state index in [0.717, 1.165) is 6.07 Å². The Bertz CT molecular complexity index is 618. The maximum atomic E-state index is 13.5. The molecule has 0 unspecified atom stereocenters. The number of carboxylic acid groups (broad SMARTS) is 1. The number of hydrogen-bond donors (Lipinski definition) is 1. The van der Waals surface area contributed by atoms with Crippen LogP contribution < -0.4 is 4.74 Å². The van der Waals surface area contributed by atoms with Crippen LogP contribution in [0.25, 0.3) is 11.3 Å². The molecule has 106 valence electrons. The number of nitrogens with zero attached hydrogens (tertiary/aromatic N) is 1. The van der Waals surface area contributed by atoms with Gasteiger partial charge in [0.2, 0.25) is 6.10 Å². The Balaban J connectivity index is 2.45. The summed E-state index contributed by atoms with van der Waals surface area (Å²) in [6, 6.07) is 3.50. The molecule has 1 N–H and O–H groups in total. The summed E-state index contributed by atoms with van der Waals surface area (Å²) < 4.78 is 35.9. The van der Waals surface area contributed by atoms with Gasteiger partial charge in [0.15, 0.2) is 5.76 Å². The quantitative estimate of drug-likeness (QED) is 0.919. The third kappa shape index (κ3) is 2.88. The minimum Gasteiger partial charge on any atom is -0.478 e. The fourth-order valence-corrected chi connectivity index (χ4v) is 1.64. The van der Waals surface area contributed by atoms with Gasteiger partial charge in [-0.25, -0.2) is 13.6 Å². The SMILES string of the molecule is O=C(O)[C@H](CF)Oc1cc(F)c(Cl)cc1-c1ccno1. The van der Waals surface area contributed by atoms with Crippen molar-refractivity contribution in [3.05, 3.63) is 35.2 Å². The molecular formula is C12H8ClF2NO4. The summed E-state index contributed by atoms with van der Waals surface area (Å²) in [4.78, 5) is 10.8. The summed E-state index contributed by atoms with van der Waals surface area (Å²) >= 11 is 5.65. The van der Waals surface area contributed by atoms with Gasteiger partial charge in [0, 0.05) is 12.1 Å². The molecule has 0 aliphatic heterocycles. The van der Waals surface area contributed by atoms with Gasteiger partial charge in [0.05, 0.1) is 16.8 Å². The molecule has 0 aliphatic carbocycles. The van der Waals surface area contributed by atoms with Crippen molar-refractivity contribution in [2.45, 2.75) is 6.10 Å². The molecule has 0 spiro atoms. The van der Waals surface area contributed by atoms with Crippen LogP contribution in [0.2, 0.25) is 5.02 Å². The molecule has 1 atom stereocenters. The minimum atomic E-state index is -1.75. The lowest BCUT2D eigenvalue weighted by Crippen LogP contribution is -2.29. The van der Waals surface area contributed by atoms with Crippen molar-refractivity contribution in [3.8, 4) is 17.1 Å². The number of carbonyl (C=O) groups is 1. The summed E-state index contributed by atoms with van der Waals surface area (Å²) in [6.07, 6.45) is -0.419. The number of aromatic nitrogens is 1. The molecule has 0 radical (unpaired) electrons. The highest BCUT2D eigenvalue weighted by Gasteiger charge is 2.23. The fraction of sp³-hybridized carbons (Fsp3) is 0.167. The molecule has 2 aromatic rings. The van der Waals surface area contributed by atoms with Crippen LogP contribution in [0.3, 0.4) is 0 Å². The molecule has 0 aliphatic rings. The average Bonchev–Trinajstić information content (AvgIpc) is 2.92. The Labute approximate surface area is 116 Å². The Morgan fingerprint density at radius 3 is 2.85 bits per heavy atom. The third-order valence-electron chi connectivity index (χ3n) is 2.41. The van der Waals surface area contributed by atoms with Crippen LogP contribution in [0, 0.1) is 5.82 Å². The standard InChI is InChI=1S/C12H8ClF2NO4/c13-7-3-6(9-1-2-16-20-9)10(4-8(7)15)19-11(5-14)12(17)18/h1-4,11H,5H2,(H,17,18)/t11-/m0/s1. The zero-order chi connectivity index (χ0) is 14.7. The highest BCUT2D eigenvalue weighted by molar-refractivity contribution is 6.31. The predicted octanol–water partition coefficient (Wildman–Crippen LogP) is 2.94. The molecule has 0 amide bonds. The smallest absolute Gasteiger partial charge is 0.347 e. The van der Waals surface area contributed by atoms with Crippen molar-refractivity contribution in [2.75, 3.05) is 6.67 Å². The lowest BCUT2D eigenvalue weighted by molar-refractivity contribution is -0.145. The number of benzene rings is 1. The summed E-state index contributed by atoms with van der Waals surface area (Å²) in [5.74, 6) is -2.35.